The number of likely N-dealkylation sites (tertiary alicyclic amines) is 1. The van der Waals surface area contributed by atoms with Gasteiger partial charge in [0.2, 0.25) is 17.6 Å². The summed E-state index contributed by atoms with van der Waals surface area (Å²) in [5.74, 6) is -5.44. The molecule has 12 heteroatoms. The van der Waals surface area contributed by atoms with Gasteiger partial charge in [0, 0.05) is 18.2 Å². The molecule has 3 amide bonds. The number of nitrogens with zero attached hydrogens (tertiary/aromatic N) is 2. The third-order valence-electron chi connectivity index (χ3n) is 6.67. The van der Waals surface area contributed by atoms with E-state index in [4.69, 9.17) is 4.52 Å². The smallest absolute Gasteiger partial charge is 0.350 e. The zero-order valence-electron chi connectivity index (χ0n) is 22.5. The number of rotatable bonds is 9. The molecule has 9 nitrogen and oxygen atoms in total. The van der Waals surface area contributed by atoms with E-state index in [1.54, 1.807) is 13.8 Å². The summed E-state index contributed by atoms with van der Waals surface area (Å²) < 4.78 is 44.3. The molecule has 1 aromatic heterocycles. The van der Waals surface area contributed by atoms with Gasteiger partial charge in [-0.25, -0.2) is 0 Å². The minimum atomic E-state index is -5.11. The first-order valence-corrected chi connectivity index (χ1v) is 12.8. The Kier molecular flexibility index (Phi) is 9.18. The van der Waals surface area contributed by atoms with Crippen LogP contribution in [0.5, 0.6) is 0 Å². The van der Waals surface area contributed by atoms with Gasteiger partial charge in [-0.1, -0.05) is 62.7 Å². The summed E-state index contributed by atoms with van der Waals surface area (Å²) in [5, 5.41) is 8.76. The molecule has 0 unspecified atom stereocenters. The lowest BCUT2D eigenvalue weighted by atomic mass is 9.98. The summed E-state index contributed by atoms with van der Waals surface area (Å²) in [6, 6.07) is 5.01. The second kappa shape index (κ2) is 12.0. The van der Waals surface area contributed by atoms with E-state index in [0.29, 0.717) is 12.1 Å². The van der Waals surface area contributed by atoms with E-state index in [0.717, 1.165) is 11.1 Å². The van der Waals surface area contributed by atoms with Crippen LogP contribution in [0.3, 0.4) is 0 Å². The molecule has 2 heterocycles. The number of ketones is 1. The number of nitrogens with one attached hydrogen (secondary N) is 2. The lowest BCUT2D eigenvalue weighted by Gasteiger charge is -2.31. The van der Waals surface area contributed by atoms with Crippen LogP contribution in [-0.4, -0.2) is 64.4 Å². The van der Waals surface area contributed by atoms with Crippen LogP contribution < -0.4 is 10.6 Å². The average Bonchev–Trinajstić information content (AvgIpc) is 3.55. The number of hydrogen-bond acceptors (Lipinski definition) is 6. The fraction of sp³-hybridized carbons (Fsp3) is 0.519. The van der Waals surface area contributed by atoms with Crippen molar-refractivity contribution >= 4 is 23.5 Å². The van der Waals surface area contributed by atoms with Gasteiger partial charge >= 0.3 is 6.18 Å². The van der Waals surface area contributed by atoms with Gasteiger partial charge in [0.25, 0.3) is 11.7 Å². The van der Waals surface area contributed by atoms with E-state index < -0.39 is 53.7 Å². The molecule has 0 spiro atoms. The molecule has 1 fully saturated rings. The van der Waals surface area contributed by atoms with Crippen LogP contribution in [0.25, 0.3) is 11.3 Å². The van der Waals surface area contributed by atoms with Crippen molar-refractivity contribution in [1.82, 2.24) is 20.7 Å². The number of amides is 3. The second-order valence-corrected chi connectivity index (χ2v) is 10.4. The molecular formula is C27H33F3N4O5. The third-order valence-corrected chi connectivity index (χ3v) is 6.67. The minimum Gasteiger partial charge on any atom is -0.350 e. The van der Waals surface area contributed by atoms with Crippen LogP contribution in [0.4, 0.5) is 13.2 Å². The topological polar surface area (TPSA) is 122 Å². The number of halogens is 3. The normalized spacial score (nSPS) is 17.3. The Morgan fingerprint density at radius 1 is 1.00 bits per heavy atom. The van der Waals surface area contributed by atoms with Crippen LogP contribution in [0.2, 0.25) is 0 Å². The maximum Gasteiger partial charge on any atom is 0.452 e. The summed E-state index contributed by atoms with van der Waals surface area (Å²) >= 11 is 0. The lowest BCUT2D eigenvalue weighted by molar-refractivity contribution is -0.175. The van der Waals surface area contributed by atoms with Crippen LogP contribution in [0, 0.1) is 18.8 Å². The fourth-order valence-corrected chi connectivity index (χ4v) is 4.41. The molecule has 1 aromatic carbocycles. The summed E-state index contributed by atoms with van der Waals surface area (Å²) in [5.41, 5.74) is 2.24. The number of aryl methyl sites for hydroxylation is 1. The zero-order valence-corrected chi connectivity index (χ0v) is 22.5. The molecular weight excluding hydrogens is 517 g/mol. The number of hydrogen-bond donors (Lipinski definition) is 2. The highest BCUT2D eigenvalue weighted by molar-refractivity contribution is 5.98. The first kappa shape index (κ1) is 29.9. The Morgan fingerprint density at radius 3 is 2.18 bits per heavy atom. The first-order valence-electron chi connectivity index (χ1n) is 12.8. The number of benzene rings is 1. The van der Waals surface area contributed by atoms with Crippen LogP contribution in [0.15, 0.2) is 34.9 Å². The number of Topliss-reactive ketones (excluding diaryl/α,β-unsaturated/α-hetero) is 1. The molecule has 2 N–H and O–H groups in total. The van der Waals surface area contributed by atoms with E-state index in [1.165, 1.54) is 24.8 Å². The predicted octanol–water partition coefficient (Wildman–Crippen LogP) is 3.67. The maximum absolute atomic E-state index is 13.5. The lowest BCUT2D eigenvalue weighted by Crippen LogP contribution is -2.58. The molecule has 0 saturated carbocycles. The molecule has 1 aliphatic heterocycles. The van der Waals surface area contributed by atoms with Gasteiger partial charge in [0.05, 0.1) is 6.04 Å². The molecule has 0 radical (unpaired) electrons. The van der Waals surface area contributed by atoms with Crippen molar-refractivity contribution in [3.8, 4) is 11.3 Å². The molecule has 0 aliphatic carbocycles. The molecule has 3 atom stereocenters. The maximum atomic E-state index is 13.5. The quantitative estimate of drug-likeness (QED) is 0.492. The van der Waals surface area contributed by atoms with Gasteiger partial charge in [-0.3, -0.25) is 19.2 Å². The van der Waals surface area contributed by atoms with Crippen molar-refractivity contribution in [2.24, 2.45) is 11.8 Å². The Hall–Kier alpha value is -3.70. The van der Waals surface area contributed by atoms with Crippen molar-refractivity contribution in [2.45, 2.75) is 71.8 Å². The van der Waals surface area contributed by atoms with Crippen molar-refractivity contribution in [2.75, 3.05) is 6.54 Å². The summed E-state index contributed by atoms with van der Waals surface area (Å²) in [4.78, 5) is 52.5. The molecule has 1 aliphatic rings. The summed E-state index contributed by atoms with van der Waals surface area (Å²) in [7, 11) is 0. The molecule has 39 heavy (non-hydrogen) atoms. The molecule has 2 aromatic rings. The highest BCUT2D eigenvalue weighted by Gasteiger charge is 2.46. The van der Waals surface area contributed by atoms with E-state index in [1.807, 2.05) is 31.2 Å². The average molecular weight is 551 g/mol. The fourth-order valence-electron chi connectivity index (χ4n) is 4.41. The van der Waals surface area contributed by atoms with Crippen LogP contribution in [-0.2, 0) is 14.4 Å². The summed E-state index contributed by atoms with van der Waals surface area (Å²) in [6.07, 6.45) is -4.46. The standard InChI is InChI=1S/C27H33F3N4O5/c1-14(2)21(23(35)27(28,29)30)31-24(36)19-7-6-12-34(19)26(38)22(15(3)4)32-25(37)20-13-18(33-39-20)17-10-8-16(5)9-11-17/h8-11,13-15,19,21-22H,6-7,12H2,1-5H3,(H,31,36)(H,32,37)/t19-,21-,22-/m0/s1. The molecule has 212 valence electrons. The minimum absolute atomic E-state index is 0.106. The van der Waals surface area contributed by atoms with Gasteiger partial charge in [-0.15, -0.1) is 0 Å². The third kappa shape index (κ3) is 7.04. The van der Waals surface area contributed by atoms with Crippen LogP contribution >= 0.6 is 0 Å². The van der Waals surface area contributed by atoms with Crippen molar-refractivity contribution in [3.05, 3.63) is 41.7 Å². The van der Waals surface area contributed by atoms with Crippen molar-refractivity contribution in [3.63, 3.8) is 0 Å². The summed E-state index contributed by atoms with van der Waals surface area (Å²) in [6.45, 7) is 8.32. The SMILES string of the molecule is Cc1ccc(-c2cc(C(=O)N[C@H](C(=O)N3CCC[C@H]3C(=O)N[C@H](C(=O)C(F)(F)F)C(C)C)C(C)C)on2)cc1. The molecule has 0 bridgehead atoms. The Balaban J connectivity index is 1.73. The number of carbonyl (C=O) groups excluding carboxylic acids is 4. The van der Waals surface area contributed by atoms with E-state index >= 15 is 0 Å². The zero-order chi connectivity index (χ0) is 29.1. The number of aromatic nitrogens is 1. The predicted molar refractivity (Wildman–Crippen MR) is 135 cm³/mol. The van der Waals surface area contributed by atoms with Gasteiger partial charge in [-0.2, -0.15) is 13.2 Å². The largest absolute Gasteiger partial charge is 0.452 e. The molecule has 3 rings (SSSR count). The van der Waals surface area contributed by atoms with Gasteiger partial charge < -0.3 is 20.1 Å². The second-order valence-electron chi connectivity index (χ2n) is 10.4. The van der Waals surface area contributed by atoms with Crippen LogP contribution in [0.1, 0.15) is 56.7 Å². The van der Waals surface area contributed by atoms with E-state index in [2.05, 4.69) is 15.8 Å². The number of alkyl halides is 3. The Bertz CT molecular complexity index is 1210. The molecule has 1 saturated heterocycles. The van der Waals surface area contributed by atoms with Gasteiger partial charge in [0.1, 0.15) is 17.8 Å². The first-order chi connectivity index (χ1) is 18.2. The highest BCUT2D eigenvalue weighted by atomic mass is 19.4. The Labute approximate surface area is 224 Å². The van der Waals surface area contributed by atoms with E-state index in [-0.39, 0.29) is 24.6 Å². The highest BCUT2D eigenvalue weighted by Crippen LogP contribution is 2.25. The van der Waals surface area contributed by atoms with Gasteiger partial charge in [-0.05, 0) is 31.6 Å². The van der Waals surface area contributed by atoms with Crippen molar-refractivity contribution in [1.29, 1.82) is 0 Å². The van der Waals surface area contributed by atoms with Crippen molar-refractivity contribution < 1.29 is 36.9 Å². The van der Waals surface area contributed by atoms with Gasteiger partial charge in [0.15, 0.2) is 0 Å². The number of carbonyl (C=O) groups is 4. The Morgan fingerprint density at radius 2 is 1.62 bits per heavy atom. The van der Waals surface area contributed by atoms with E-state index in [9.17, 15) is 32.3 Å². The monoisotopic (exact) mass is 550 g/mol.